The minimum absolute atomic E-state index is 0.169. The molecular weight excluding hydrogens is 297 g/mol. The summed E-state index contributed by atoms with van der Waals surface area (Å²) in [5.41, 5.74) is 1.14. The maximum Gasteiger partial charge on any atom is 0.306 e. The Bertz CT molecular complexity index is 521. The van der Waals surface area contributed by atoms with Gasteiger partial charge in [0, 0.05) is 18.6 Å². The molecule has 2 heterocycles. The van der Waals surface area contributed by atoms with Crippen molar-refractivity contribution in [2.45, 2.75) is 44.3 Å². The molecule has 1 aromatic rings. The van der Waals surface area contributed by atoms with E-state index >= 15 is 0 Å². The Morgan fingerprint density at radius 2 is 1.85 bits per heavy atom. The molecular formula is C15H17Cl2NO2. The topological polar surface area (TPSA) is 40.5 Å². The maximum absolute atomic E-state index is 11.2. The van der Waals surface area contributed by atoms with E-state index in [9.17, 15) is 9.90 Å². The van der Waals surface area contributed by atoms with Gasteiger partial charge in [0.25, 0.3) is 0 Å². The first-order valence-electron chi connectivity index (χ1n) is 6.97. The van der Waals surface area contributed by atoms with Gasteiger partial charge >= 0.3 is 5.97 Å². The second kappa shape index (κ2) is 5.55. The Hall–Kier alpha value is -0.770. The smallest absolute Gasteiger partial charge is 0.306 e. The number of aliphatic carboxylic acids is 1. The fraction of sp³-hybridized carbons (Fsp3) is 0.533. The zero-order valence-corrected chi connectivity index (χ0v) is 12.6. The van der Waals surface area contributed by atoms with Crippen molar-refractivity contribution in [3.63, 3.8) is 0 Å². The molecule has 2 aliphatic heterocycles. The van der Waals surface area contributed by atoms with E-state index in [-0.39, 0.29) is 5.92 Å². The molecule has 2 bridgehead atoms. The van der Waals surface area contributed by atoms with Crippen LogP contribution in [0.3, 0.4) is 0 Å². The lowest BCUT2D eigenvalue weighted by atomic mass is 9.90. The van der Waals surface area contributed by atoms with Crippen molar-refractivity contribution in [3.05, 3.63) is 33.8 Å². The van der Waals surface area contributed by atoms with Crippen LogP contribution in [0.1, 0.15) is 31.2 Å². The average molecular weight is 314 g/mol. The molecule has 2 unspecified atom stereocenters. The summed E-state index contributed by atoms with van der Waals surface area (Å²) >= 11 is 12.0. The summed E-state index contributed by atoms with van der Waals surface area (Å²) in [5.74, 6) is -0.811. The van der Waals surface area contributed by atoms with Crippen LogP contribution in [0.15, 0.2) is 18.2 Å². The van der Waals surface area contributed by atoms with Crippen LogP contribution in [0, 0.1) is 5.92 Å². The molecule has 2 aliphatic rings. The van der Waals surface area contributed by atoms with E-state index in [1.54, 1.807) is 0 Å². The van der Waals surface area contributed by atoms with Crippen LogP contribution in [0.5, 0.6) is 0 Å². The zero-order chi connectivity index (χ0) is 14.3. The third-order valence-corrected chi connectivity index (χ3v) is 5.32. The summed E-state index contributed by atoms with van der Waals surface area (Å²) in [7, 11) is 0. The molecule has 3 rings (SSSR count). The normalized spacial score (nSPS) is 29.6. The number of hydrogen-bond donors (Lipinski definition) is 1. The van der Waals surface area contributed by atoms with Crippen LogP contribution < -0.4 is 0 Å². The van der Waals surface area contributed by atoms with E-state index in [0.29, 0.717) is 22.1 Å². The first-order valence-corrected chi connectivity index (χ1v) is 7.72. The van der Waals surface area contributed by atoms with Gasteiger partial charge in [0.05, 0.1) is 16.0 Å². The van der Waals surface area contributed by atoms with Crippen LogP contribution in [-0.4, -0.2) is 28.1 Å². The van der Waals surface area contributed by atoms with E-state index in [4.69, 9.17) is 23.2 Å². The van der Waals surface area contributed by atoms with Gasteiger partial charge in [0.1, 0.15) is 0 Å². The van der Waals surface area contributed by atoms with Gasteiger partial charge in [-0.3, -0.25) is 9.69 Å². The molecule has 0 saturated carbocycles. The Morgan fingerprint density at radius 1 is 1.20 bits per heavy atom. The number of hydrogen-bond acceptors (Lipinski definition) is 2. The van der Waals surface area contributed by atoms with E-state index < -0.39 is 5.97 Å². The number of carbonyl (C=O) groups is 1. The molecule has 0 spiro atoms. The summed E-state index contributed by atoms with van der Waals surface area (Å²) in [5, 5.41) is 10.3. The first kappa shape index (κ1) is 14.2. The molecule has 5 heteroatoms. The average Bonchev–Trinajstić information content (AvgIpc) is 2.64. The predicted octanol–water partition coefficient (Wildman–Crippen LogP) is 3.82. The van der Waals surface area contributed by atoms with Crippen molar-refractivity contribution >= 4 is 29.2 Å². The molecule has 0 aliphatic carbocycles. The van der Waals surface area contributed by atoms with E-state index in [1.807, 2.05) is 18.2 Å². The quantitative estimate of drug-likeness (QED) is 0.922. The van der Waals surface area contributed by atoms with Gasteiger partial charge in [-0.05, 0) is 43.4 Å². The highest BCUT2D eigenvalue weighted by Gasteiger charge is 2.42. The highest BCUT2D eigenvalue weighted by Crippen LogP contribution is 2.40. The highest BCUT2D eigenvalue weighted by molar-refractivity contribution is 6.42. The van der Waals surface area contributed by atoms with Crippen molar-refractivity contribution in [2.75, 3.05) is 0 Å². The van der Waals surface area contributed by atoms with Crippen LogP contribution in [-0.2, 0) is 11.3 Å². The standard InChI is InChI=1S/C15H17Cl2NO2/c16-13-4-1-9(5-14(13)17)8-18-11-2-3-12(18)7-10(6-11)15(19)20/h1,4-5,10-12H,2-3,6-8H2,(H,19,20). The molecule has 1 N–H and O–H groups in total. The fourth-order valence-corrected chi connectivity index (χ4v) is 3.90. The fourth-order valence-electron chi connectivity index (χ4n) is 3.58. The molecule has 108 valence electrons. The van der Waals surface area contributed by atoms with Crippen molar-refractivity contribution in [1.82, 2.24) is 4.90 Å². The largest absolute Gasteiger partial charge is 0.481 e. The lowest BCUT2D eigenvalue weighted by Gasteiger charge is -2.37. The van der Waals surface area contributed by atoms with Crippen molar-refractivity contribution in [3.8, 4) is 0 Å². The van der Waals surface area contributed by atoms with Crippen molar-refractivity contribution in [2.24, 2.45) is 5.92 Å². The Kier molecular flexibility index (Phi) is 3.93. The molecule has 2 fully saturated rings. The minimum atomic E-state index is -0.643. The maximum atomic E-state index is 11.2. The predicted molar refractivity (Wildman–Crippen MR) is 79.2 cm³/mol. The summed E-state index contributed by atoms with van der Waals surface area (Å²) in [4.78, 5) is 13.6. The lowest BCUT2D eigenvalue weighted by molar-refractivity contribution is -0.144. The van der Waals surface area contributed by atoms with Crippen LogP contribution in [0.25, 0.3) is 0 Å². The second-order valence-electron chi connectivity index (χ2n) is 5.81. The second-order valence-corrected chi connectivity index (χ2v) is 6.63. The van der Waals surface area contributed by atoms with Crippen molar-refractivity contribution < 1.29 is 9.90 Å². The van der Waals surface area contributed by atoms with Gasteiger partial charge < -0.3 is 5.11 Å². The molecule has 0 radical (unpaired) electrons. The number of carboxylic acids is 1. The van der Waals surface area contributed by atoms with Gasteiger partial charge in [-0.2, -0.15) is 0 Å². The van der Waals surface area contributed by atoms with Gasteiger partial charge in [-0.15, -0.1) is 0 Å². The van der Waals surface area contributed by atoms with Gasteiger partial charge in [0.2, 0.25) is 0 Å². The van der Waals surface area contributed by atoms with Crippen LogP contribution in [0.2, 0.25) is 10.0 Å². The summed E-state index contributed by atoms with van der Waals surface area (Å²) in [6.07, 6.45) is 3.76. The molecule has 2 atom stereocenters. The molecule has 20 heavy (non-hydrogen) atoms. The molecule has 0 amide bonds. The Labute approximate surface area is 128 Å². The summed E-state index contributed by atoms with van der Waals surface area (Å²) < 4.78 is 0. The third-order valence-electron chi connectivity index (χ3n) is 4.58. The minimum Gasteiger partial charge on any atom is -0.481 e. The monoisotopic (exact) mass is 313 g/mol. The number of fused-ring (bicyclic) bond motifs is 2. The SMILES string of the molecule is O=C(O)C1CC2CCC(C1)N2Cc1ccc(Cl)c(Cl)c1. The Morgan fingerprint density at radius 3 is 2.40 bits per heavy atom. The van der Waals surface area contributed by atoms with Crippen LogP contribution >= 0.6 is 23.2 Å². The van der Waals surface area contributed by atoms with E-state index in [0.717, 1.165) is 37.8 Å². The first-order chi connectivity index (χ1) is 9.54. The van der Waals surface area contributed by atoms with E-state index in [2.05, 4.69) is 4.90 Å². The number of piperidine rings is 1. The lowest BCUT2D eigenvalue weighted by Crippen LogP contribution is -2.44. The summed E-state index contributed by atoms with van der Waals surface area (Å²) in [6.45, 7) is 0.832. The molecule has 1 aromatic carbocycles. The van der Waals surface area contributed by atoms with E-state index in [1.165, 1.54) is 0 Å². The van der Waals surface area contributed by atoms with Crippen LogP contribution in [0.4, 0.5) is 0 Å². The number of nitrogens with zero attached hydrogens (tertiary/aromatic N) is 1. The zero-order valence-electron chi connectivity index (χ0n) is 11.1. The number of carboxylic acid groups (broad SMARTS) is 1. The third kappa shape index (κ3) is 2.67. The van der Waals surface area contributed by atoms with Gasteiger partial charge in [0.15, 0.2) is 0 Å². The highest BCUT2D eigenvalue weighted by atomic mass is 35.5. The number of rotatable bonds is 3. The van der Waals surface area contributed by atoms with Crippen molar-refractivity contribution in [1.29, 1.82) is 0 Å². The molecule has 3 nitrogen and oxygen atoms in total. The number of benzene rings is 1. The number of halogens is 2. The molecule has 0 aromatic heterocycles. The Balaban J connectivity index is 1.73. The molecule has 2 saturated heterocycles. The van der Waals surface area contributed by atoms with Gasteiger partial charge in [-0.25, -0.2) is 0 Å². The summed E-state index contributed by atoms with van der Waals surface area (Å²) in [6, 6.07) is 6.52. The van der Waals surface area contributed by atoms with Gasteiger partial charge in [-0.1, -0.05) is 29.3 Å².